The van der Waals surface area contributed by atoms with Crippen LogP contribution in [0.3, 0.4) is 0 Å². The van der Waals surface area contributed by atoms with Gasteiger partial charge in [0.2, 0.25) is 5.91 Å². The number of hydrogen-bond donors (Lipinski definition) is 2. The molecule has 0 radical (unpaired) electrons. The number of amides is 2. The molecular formula is C22H27N3O5S. The van der Waals surface area contributed by atoms with Crippen molar-refractivity contribution in [3.63, 3.8) is 0 Å². The van der Waals surface area contributed by atoms with E-state index >= 15 is 0 Å². The van der Waals surface area contributed by atoms with Gasteiger partial charge < -0.3 is 20.3 Å². The van der Waals surface area contributed by atoms with Crippen LogP contribution in [-0.4, -0.2) is 46.2 Å². The van der Waals surface area contributed by atoms with Gasteiger partial charge in [-0.2, -0.15) is 0 Å². The van der Waals surface area contributed by atoms with Crippen molar-refractivity contribution in [2.75, 3.05) is 36.2 Å². The number of nitrogens with one attached hydrogen (secondary N) is 2. The first-order chi connectivity index (χ1) is 14.5. The SMILES string of the molecule is Cc1ccc(NC(=O)CC(C)S(=O)(=O)c2cc3c(cc2C)NC(=O)CO3)cc1N(C)C. The van der Waals surface area contributed by atoms with Crippen molar-refractivity contribution in [3.8, 4) is 5.75 Å². The highest BCUT2D eigenvalue weighted by Gasteiger charge is 2.29. The summed E-state index contributed by atoms with van der Waals surface area (Å²) < 4.78 is 31.6. The first-order valence-corrected chi connectivity index (χ1v) is 11.4. The predicted octanol–water partition coefficient (Wildman–Crippen LogP) is 2.89. The third-order valence-corrected chi connectivity index (χ3v) is 7.47. The molecule has 9 heteroatoms. The molecule has 2 N–H and O–H groups in total. The summed E-state index contributed by atoms with van der Waals surface area (Å²) in [5.41, 5.74) is 3.56. The maximum absolute atomic E-state index is 13.1. The molecule has 1 atom stereocenters. The number of anilines is 3. The number of carbonyl (C=O) groups is 2. The molecule has 31 heavy (non-hydrogen) atoms. The fourth-order valence-electron chi connectivity index (χ4n) is 3.49. The summed E-state index contributed by atoms with van der Waals surface area (Å²) in [5.74, 6) is -0.374. The number of aryl methyl sites for hydroxylation is 2. The number of hydrogen-bond acceptors (Lipinski definition) is 6. The van der Waals surface area contributed by atoms with Crippen molar-refractivity contribution in [2.24, 2.45) is 0 Å². The predicted molar refractivity (Wildman–Crippen MR) is 121 cm³/mol. The molecular weight excluding hydrogens is 418 g/mol. The van der Waals surface area contributed by atoms with Crippen LogP contribution in [0.5, 0.6) is 5.75 Å². The van der Waals surface area contributed by atoms with Crippen molar-refractivity contribution in [3.05, 3.63) is 41.5 Å². The van der Waals surface area contributed by atoms with E-state index in [1.54, 1.807) is 19.1 Å². The zero-order valence-corrected chi connectivity index (χ0v) is 19.1. The van der Waals surface area contributed by atoms with Crippen LogP contribution in [0.1, 0.15) is 24.5 Å². The van der Waals surface area contributed by atoms with Crippen LogP contribution >= 0.6 is 0 Å². The molecule has 166 valence electrons. The molecule has 0 aromatic heterocycles. The standard InChI is InChI=1S/C22H27N3O5S/c1-13-6-7-16(10-18(13)25(4)5)23-21(26)9-15(3)31(28,29)20-11-19-17(8-14(20)2)24-22(27)12-30-19/h6-8,10-11,15H,9,12H2,1-5H3,(H,23,26)(H,24,27). The minimum absolute atomic E-state index is 0.0907. The summed E-state index contributed by atoms with van der Waals surface area (Å²) in [4.78, 5) is 26.1. The van der Waals surface area contributed by atoms with Gasteiger partial charge in [-0.1, -0.05) is 6.07 Å². The van der Waals surface area contributed by atoms with E-state index in [1.165, 1.54) is 13.0 Å². The Labute approximate surface area is 182 Å². The van der Waals surface area contributed by atoms with Crippen LogP contribution < -0.4 is 20.3 Å². The van der Waals surface area contributed by atoms with Crippen LogP contribution in [0.4, 0.5) is 17.1 Å². The minimum Gasteiger partial charge on any atom is -0.482 e. The van der Waals surface area contributed by atoms with Crippen molar-refractivity contribution < 1.29 is 22.7 Å². The second-order valence-electron chi connectivity index (χ2n) is 7.95. The maximum Gasteiger partial charge on any atom is 0.262 e. The molecule has 0 saturated carbocycles. The molecule has 0 spiro atoms. The quantitative estimate of drug-likeness (QED) is 0.708. The van der Waals surface area contributed by atoms with Crippen LogP contribution in [0, 0.1) is 13.8 Å². The van der Waals surface area contributed by atoms with Gasteiger partial charge in [0.15, 0.2) is 16.4 Å². The molecule has 3 rings (SSSR count). The van der Waals surface area contributed by atoms with Gasteiger partial charge in [-0.05, 0) is 50.1 Å². The highest BCUT2D eigenvalue weighted by molar-refractivity contribution is 7.92. The molecule has 0 bridgehead atoms. The summed E-state index contributed by atoms with van der Waals surface area (Å²) in [6.45, 7) is 4.97. The van der Waals surface area contributed by atoms with Crippen LogP contribution in [0.25, 0.3) is 0 Å². The van der Waals surface area contributed by atoms with Crippen molar-refractivity contribution >= 4 is 38.7 Å². The Morgan fingerprint density at radius 2 is 1.90 bits per heavy atom. The molecule has 0 saturated heterocycles. The highest BCUT2D eigenvalue weighted by atomic mass is 32.2. The lowest BCUT2D eigenvalue weighted by Gasteiger charge is -2.21. The van der Waals surface area contributed by atoms with Crippen LogP contribution in [-0.2, 0) is 19.4 Å². The van der Waals surface area contributed by atoms with Gasteiger partial charge in [0.05, 0.1) is 15.8 Å². The fraction of sp³-hybridized carbons (Fsp3) is 0.364. The molecule has 2 aromatic carbocycles. The second kappa shape index (κ2) is 8.58. The zero-order chi connectivity index (χ0) is 22.9. The van der Waals surface area contributed by atoms with Crippen molar-refractivity contribution in [1.82, 2.24) is 0 Å². The van der Waals surface area contributed by atoms with Gasteiger partial charge in [-0.25, -0.2) is 8.42 Å². The van der Waals surface area contributed by atoms with E-state index in [4.69, 9.17) is 4.74 Å². The van der Waals surface area contributed by atoms with E-state index in [0.29, 0.717) is 22.7 Å². The number of sulfone groups is 1. The molecule has 1 heterocycles. The van der Waals surface area contributed by atoms with E-state index in [1.807, 2.05) is 38.1 Å². The summed E-state index contributed by atoms with van der Waals surface area (Å²) in [6, 6.07) is 8.53. The van der Waals surface area contributed by atoms with Gasteiger partial charge in [0.1, 0.15) is 5.75 Å². The summed E-state index contributed by atoms with van der Waals surface area (Å²) >= 11 is 0. The molecule has 1 aliphatic rings. The van der Waals surface area contributed by atoms with E-state index in [0.717, 1.165) is 11.3 Å². The van der Waals surface area contributed by atoms with Gasteiger partial charge in [0.25, 0.3) is 5.91 Å². The molecule has 2 aromatic rings. The summed E-state index contributed by atoms with van der Waals surface area (Å²) in [5, 5.41) is 4.50. The Bertz CT molecular complexity index is 1140. The van der Waals surface area contributed by atoms with E-state index in [2.05, 4.69) is 10.6 Å². The molecule has 1 aliphatic heterocycles. The molecule has 0 fully saturated rings. The van der Waals surface area contributed by atoms with Crippen LogP contribution in [0.15, 0.2) is 35.2 Å². The Balaban J connectivity index is 1.77. The highest BCUT2D eigenvalue weighted by Crippen LogP contribution is 2.34. The number of rotatable bonds is 6. The lowest BCUT2D eigenvalue weighted by atomic mass is 10.1. The Morgan fingerprint density at radius 3 is 2.58 bits per heavy atom. The lowest BCUT2D eigenvalue weighted by molar-refractivity contribution is -0.118. The molecule has 0 aliphatic carbocycles. The fourth-order valence-corrected chi connectivity index (χ4v) is 5.07. The topological polar surface area (TPSA) is 105 Å². The van der Waals surface area contributed by atoms with E-state index < -0.39 is 15.1 Å². The molecule has 1 unspecified atom stereocenters. The van der Waals surface area contributed by atoms with Crippen LogP contribution in [0.2, 0.25) is 0 Å². The monoisotopic (exact) mass is 445 g/mol. The summed E-state index contributed by atoms with van der Waals surface area (Å²) in [6.07, 6.45) is -0.193. The van der Waals surface area contributed by atoms with Gasteiger partial charge in [-0.15, -0.1) is 0 Å². The third-order valence-electron chi connectivity index (χ3n) is 5.19. The number of ether oxygens (including phenoxy) is 1. The first-order valence-electron chi connectivity index (χ1n) is 9.88. The second-order valence-corrected chi connectivity index (χ2v) is 10.3. The number of carbonyl (C=O) groups excluding carboxylic acids is 2. The average Bonchev–Trinajstić information content (AvgIpc) is 2.68. The van der Waals surface area contributed by atoms with E-state index in [9.17, 15) is 18.0 Å². The normalized spacial score (nSPS) is 14.2. The maximum atomic E-state index is 13.1. The summed E-state index contributed by atoms with van der Waals surface area (Å²) in [7, 11) is 0.0365. The largest absolute Gasteiger partial charge is 0.482 e. The Hall–Kier alpha value is -3.07. The first kappa shape index (κ1) is 22.6. The third kappa shape index (κ3) is 4.82. The van der Waals surface area contributed by atoms with Gasteiger partial charge in [0, 0.05) is 38.0 Å². The number of fused-ring (bicyclic) bond motifs is 1. The van der Waals surface area contributed by atoms with Gasteiger partial charge in [-0.3, -0.25) is 9.59 Å². The average molecular weight is 446 g/mol. The number of nitrogens with zero attached hydrogens (tertiary/aromatic N) is 1. The number of benzene rings is 2. The Morgan fingerprint density at radius 1 is 1.19 bits per heavy atom. The van der Waals surface area contributed by atoms with Gasteiger partial charge >= 0.3 is 0 Å². The molecule has 2 amide bonds. The van der Waals surface area contributed by atoms with Crippen molar-refractivity contribution in [2.45, 2.75) is 37.3 Å². The van der Waals surface area contributed by atoms with E-state index in [-0.39, 0.29) is 29.7 Å². The minimum atomic E-state index is -3.79. The smallest absolute Gasteiger partial charge is 0.262 e. The Kier molecular flexibility index (Phi) is 6.26. The van der Waals surface area contributed by atoms with Crippen molar-refractivity contribution in [1.29, 1.82) is 0 Å². The lowest BCUT2D eigenvalue weighted by Crippen LogP contribution is -2.27. The molecule has 8 nitrogen and oxygen atoms in total. The zero-order valence-electron chi connectivity index (χ0n) is 18.3.